The molecular formula is C25H22N4O3. The van der Waals surface area contributed by atoms with Crippen LogP contribution in [-0.2, 0) is 0 Å². The molecule has 0 saturated carbocycles. The molecule has 2 aromatic heterocycles. The van der Waals surface area contributed by atoms with E-state index in [1.54, 1.807) is 24.3 Å². The third-order valence-electron chi connectivity index (χ3n) is 5.99. The van der Waals surface area contributed by atoms with Gasteiger partial charge in [-0.25, -0.2) is 9.97 Å². The first-order valence-corrected chi connectivity index (χ1v) is 10.7. The number of aromatic hydroxyl groups is 1. The Kier molecular flexibility index (Phi) is 4.36. The molecule has 0 aliphatic carbocycles. The van der Waals surface area contributed by atoms with Gasteiger partial charge in [-0.3, -0.25) is 0 Å². The van der Waals surface area contributed by atoms with E-state index in [1.165, 1.54) is 5.69 Å². The molecule has 1 saturated heterocycles. The molecule has 1 aliphatic rings. The minimum atomic E-state index is 0.207. The van der Waals surface area contributed by atoms with Crippen molar-refractivity contribution in [2.45, 2.75) is 0 Å². The van der Waals surface area contributed by atoms with Crippen LogP contribution in [0.5, 0.6) is 5.75 Å². The molecule has 7 heteroatoms. The topological polar surface area (TPSA) is 78.8 Å². The number of benzene rings is 3. The number of rotatable bonds is 3. The number of aromatic nitrogens is 2. The van der Waals surface area contributed by atoms with Gasteiger partial charge < -0.3 is 23.7 Å². The van der Waals surface area contributed by atoms with E-state index in [2.05, 4.69) is 38.9 Å². The summed E-state index contributed by atoms with van der Waals surface area (Å²) in [6, 6.07) is 18.7. The van der Waals surface area contributed by atoms with Crippen molar-refractivity contribution < 1.29 is 13.9 Å². The minimum Gasteiger partial charge on any atom is -0.508 e. The smallest absolute Gasteiger partial charge is 0.227 e. The van der Waals surface area contributed by atoms with Crippen LogP contribution in [0.2, 0.25) is 0 Å². The summed E-state index contributed by atoms with van der Waals surface area (Å²) in [5.74, 6) is 1.28. The van der Waals surface area contributed by atoms with Crippen molar-refractivity contribution in [1.29, 1.82) is 0 Å². The highest BCUT2D eigenvalue weighted by Gasteiger charge is 2.17. The molecule has 0 bridgehead atoms. The highest BCUT2D eigenvalue weighted by molar-refractivity contribution is 5.84. The quantitative estimate of drug-likeness (QED) is 0.446. The fourth-order valence-electron chi connectivity index (χ4n) is 4.09. The first-order valence-electron chi connectivity index (χ1n) is 10.7. The van der Waals surface area contributed by atoms with E-state index >= 15 is 0 Å². The number of nitrogens with zero attached hydrogens (tertiary/aromatic N) is 4. The van der Waals surface area contributed by atoms with Crippen LogP contribution in [-0.4, -0.2) is 53.2 Å². The van der Waals surface area contributed by atoms with Crippen LogP contribution in [0.25, 0.3) is 45.1 Å². The molecule has 0 amide bonds. The average molecular weight is 426 g/mol. The standard InChI is InChI=1S/C25H22N4O3/c1-28-10-12-29(13-11-28)18-5-8-20-23(15-18)32-25(26-20)17-4-9-22-21(14-17)27-24(31-22)16-2-6-19(30)7-3-16/h2-9,14-15,30H,10-13H2,1H3. The largest absolute Gasteiger partial charge is 0.508 e. The number of likely N-dealkylation sites (N-methyl/N-ethyl adjacent to an activating group) is 1. The molecule has 1 fully saturated rings. The summed E-state index contributed by atoms with van der Waals surface area (Å²) in [5, 5.41) is 9.49. The first-order chi connectivity index (χ1) is 15.6. The van der Waals surface area contributed by atoms with Gasteiger partial charge in [-0.05, 0) is 61.6 Å². The number of piperazine rings is 1. The third-order valence-corrected chi connectivity index (χ3v) is 5.99. The molecule has 0 atom stereocenters. The molecule has 3 heterocycles. The van der Waals surface area contributed by atoms with Crippen LogP contribution < -0.4 is 4.90 Å². The van der Waals surface area contributed by atoms with Crippen LogP contribution in [0, 0.1) is 0 Å². The number of phenols is 1. The van der Waals surface area contributed by atoms with Gasteiger partial charge in [0.2, 0.25) is 11.8 Å². The molecule has 7 nitrogen and oxygen atoms in total. The van der Waals surface area contributed by atoms with Gasteiger partial charge in [-0.2, -0.15) is 0 Å². The van der Waals surface area contributed by atoms with E-state index in [4.69, 9.17) is 8.83 Å². The van der Waals surface area contributed by atoms with E-state index in [-0.39, 0.29) is 5.75 Å². The number of fused-ring (bicyclic) bond motifs is 2. The summed E-state index contributed by atoms with van der Waals surface area (Å²) in [6.45, 7) is 4.14. The van der Waals surface area contributed by atoms with E-state index in [9.17, 15) is 5.11 Å². The van der Waals surface area contributed by atoms with Crippen molar-refractivity contribution in [3.8, 4) is 28.7 Å². The number of anilines is 1. The Labute approximate surface area is 184 Å². The summed E-state index contributed by atoms with van der Waals surface area (Å²) >= 11 is 0. The molecular weight excluding hydrogens is 404 g/mol. The Morgan fingerprint density at radius 1 is 0.719 bits per heavy atom. The van der Waals surface area contributed by atoms with E-state index in [0.29, 0.717) is 17.4 Å². The predicted molar refractivity (Wildman–Crippen MR) is 124 cm³/mol. The summed E-state index contributed by atoms with van der Waals surface area (Å²) < 4.78 is 12.0. The zero-order valence-electron chi connectivity index (χ0n) is 17.7. The van der Waals surface area contributed by atoms with Gasteiger partial charge in [-0.15, -0.1) is 0 Å². The molecule has 32 heavy (non-hydrogen) atoms. The molecule has 160 valence electrons. The summed E-state index contributed by atoms with van der Waals surface area (Å²) in [4.78, 5) is 14.0. The van der Waals surface area contributed by atoms with Crippen LogP contribution in [0.1, 0.15) is 0 Å². The zero-order chi connectivity index (χ0) is 21.7. The van der Waals surface area contributed by atoms with Crippen molar-refractivity contribution in [3.05, 3.63) is 60.7 Å². The molecule has 1 aliphatic heterocycles. The highest BCUT2D eigenvalue weighted by Crippen LogP contribution is 2.31. The van der Waals surface area contributed by atoms with Crippen LogP contribution in [0.15, 0.2) is 69.5 Å². The fourth-order valence-corrected chi connectivity index (χ4v) is 4.09. The molecule has 0 unspecified atom stereocenters. The normalized spacial score (nSPS) is 15.1. The Bertz CT molecular complexity index is 1410. The molecule has 5 aromatic rings. The molecule has 0 radical (unpaired) electrons. The van der Waals surface area contributed by atoms with E-state index in [0.717, 1.165) is 53.9 Å². The second kappa shape index (κ2) is 7.39. The lowest BCUT2D eigenvalue weighted by Crippen LogP contribution is -2.44. The zero-order valence-corrected chi connectivity index (χ0v) is 17.7. The molecule has 0 spiro atoms. The monoisotopic (exact) mass is 426 g/mol. The van der Waals surface area contributed by atoms with Gasteiger partial charge in [0.15, 0.2) is 11.2 Å². The maximum absolute atomic E-state index is 9.49. The maximum Gasteiger partial charge on any atom is 0.227 e. The lowest BCUT2D eigenvalue weighted by Gasteiger charge is -2.33. The summed E-state index contributed by atoms with van der Waals surface area (Å²) in [6.07, 6.45) is 0. The third kappa shape index (κ3) is 3.36. The van der Waals surface area contributed by atoms with Gasteiger partial charge in [-0.1, -0.05) is 0 Å². The molecule has 1 N–H and O–H groups in total. The number of hydrogen-bond acceptors (Lipinski definition) is 7. The van der Waals surface area contributed by atoms with Crippen LogP contribution in [0.3, 0.4) is 0 Å². The Balaban J connectivity index is 1.32. The van der Waals surface area contributed by atoms with Crippen molar-refractivity contribution >= 4 is 27.9 Å². The van der Waals surface area contributed by atoms with Gasteiger partial charge in [0.05, 0.1) is 0 Å². The fraction of sp³-hybridized carbons (Fsp3) is 0.200. The molecule has 6 rings (SSSR count). The van der Waals surface area contributed by atoms with Gasteiger partial charge >= 0.3 is 0 Å². The maximum atomic E-state index is 9.49. The lowest BCUT2D eigenvalue weighted by atomic mass is 10.2. The second-order valence-corrected chi connectivity index (χ2v) is 8.21. The van der Waals surface area contributed by atoms with Crippen molar-refractivity contribution in [1.82, 2.24) is 14.9 Å². The Morgan fingerprint density at radius 2 is 1.41 bits per heavy atom. The summed E-state index contributed by atoms with van der Waals surface area (Å²) in [7, 11) is 2.16. The van der Waals surface area contributed by atoms with Crippen molar-refractivity contribution in [2.24, 2.45) is 0 Å². The average Bonchev–Trinajstić information content (AvgIpc) is 3.43. The Hall–Kier alpha value is -3.84. The second-order valence-electron chi connectivity index (χ2n) is 8.21. The van der Waals surface area contributed by atoms with Gasteiger partial charge in [0, 0.05) is 49.1 Å². The number of hydrogen-bond donors (Lipinski definition) is 1. The predicted octanol–water partition coefficient (Wildman–Crippen LogP) is 4.76. The number of oxazole rings is 2. The van der Waals surface area contributed by atoms with Gasteiger partial charge in [0.1, 0.15) is 16.8 Å². The summed E-state index contributed by atoms with van der Waals surface area (Å²) in [5.41, 5.74) is 5.85. The Morgan fingerprint density at radius 3 is 2.22 bits per heavy atom. The van der Waals surface area contributed by atoms with E-state index < -0.39 is 0 Å². The first kappa shape index (κ1) is 18.9. The lowest BCUT2D eigenvalue weighted by molar-refractivity contribution is 0.313. The number of phenolic OH excluding ortho intramolecular Hbond substituents is 1. The molecule has 3 aromatic carbocycles. The van der Waals surface area contributed by atoms with Crippen molar-refractivity contribution in [3.63, 3.8) is 0 Å². The minimum absolute atomic E-state index is 0.207. The van der Waals surface area contributed by atoms with Gasteiger partial charge in [0.25, 0.3) is 0 Å². The van der Waals surface area contributed by atoms with E-state index in [1.807, 2.05) is 24.3 Å². The van der Waals surface area contributed by atoms with Crippen LogP contribution in [0.4, 0.5) is 5.69 Å². The van der Waals surface area contributed by atoms with Crippen molar-refractivity contribution in [2.75, 3.05) is 38.1 Å². The SMILES string of the molecule is CN1CCN(c2ccc3nc(-c4ccc5oc(-c6ccc(O)cc6)nc5c4)oc3c2)CC1. The highest BCUT2D eigenvalue weighted by atomic mass is 16.4. The van der Waals surface area contributed by atoms with Crippen LogP contribution >= 0.6 is 0 Å².